The lowest BCUT2D eigenvalue weighted by Crippen LogP contribution is -2.51. The standard InChI is InChI=1S/C24H31F6N5O4/c1-13-5-6-17(36)35(10-13)11-14(31-21(38)39-22(2,3)4)9-18(37)34-8-7-15-16(12-34)32-20(24(28,29)30)33-19(15)23(25,26)27/h13-14H,5-12H2,1-4H3,(H,31,38)/t13-,14+/m1/s1. The summed E-state index contributed by atoms with van der Waals surface area (Å²) < 4.78 is 85.3. The third kappa shape index (κ3) is 8.18. The predicted octanol–water partition coefficient (Wildman–Crippen LogP) is 3.94. The molecule has 0 spiro atoms. The summed E-state index contributed by atoms with van der Waals surface area (Å²) >= 11 is 0. The largest absolute Gasteiger partial charge is 0.451 e. The highest BCUT2D eigenvalue weighted by molar-refractivity contribution is 5.79. The predicted molar refractivity (Wildman–Crippen MR) is 124 cm³/mol. The van der Waals surface area contributed by atoms with Crippen LogP contribution in [0.2, 0.25) is 0 Å². The molecule has 1 aromatic rings. The number of carbonyl (C=O) groups is 3. The van der Waals surface area contributed by atoms with Crippen molar-refractivity contribution in [2.75, 3.05) is 19.6 Å². The second-order valence-electron chi connectivity index (χ2n) is 10.9. The van der Waals surface area contributed by atoms with E-state index >= 15 is 0 Å². The first-order valence-corrected chi connectivity index (χ1v) is 12.4. The Labute approximate surface area is 221 Å². The van der Waals surface area contributed by atoms with Gasteiger partial charge in [-0.25, -0.2) is 14.8 Å². The van der Waals surface area contributed by atoms with Gasteiger partial charge < -0.3 is 19.9 Å². The first-order valence-electron chi connectivity index (χ1n) is 12.4. The van der Waals surface area contributed by atoms with E-state index in [9.17, 15) is 40.7 Å². The number of hydrogen-bond acceptors (Lipinski definition) is 6. The van der Waals surface area contributed by atoms with E-state index in [1.165, 1.54) is 4.90 Å². The number of carbonyl (C=O) groups excluding carboxylic acids is 3. The van der Waals surface area contributed by atoms with Crippen LogP contribution in [0.3, 0.4) is 0 Å². The summed E-state index contributed by atoms with van der Waals surface area (Å²) in [6.07, 6.45) is -11.0. The fraction of sp³-hybridized carbons (Fsp3) is 0.708. The van der Waals surface area contributed by atoms with Crippen LogP contribution in [-0.2, 0) is 39.6 Å². The maximum atomic E-state index is 13.5. The van der Waals surface area contributed by atoms with Crippen molar-refractivity contribution in [2.45, 2.75) is 83.9 Å². The Kier molecular flexibility index (Phi) is 8.70. The van der Waals surface area contributed by atoms with E-state index in [1.807, 2.05) is 6.92 Å². The van der Waals surface area contributed by atoms with E-state index < -0.39 is 71.7 Å². The van der Waals surface area contributed by atoms with Crippen molar-refractivity contribution in [3.8, 4) is 0 Å². The van der Waals surface area contributed by atoms with Crippen LogP contribution in [0, 0.1) is 5.92 Å². The Morgan fingerprint density at radius 1 is 1.08 bits per heavy atom. The molecule has 1 fully saturated rings. The van der Waals surface area contributed by atoms with E-state index in [-0.39, 0.29) is 31.3 Å². The Bertz CT molecular complexity index is 1100. The van der Waals surface area contributed by atoms with Crippen LogP contribution in [0.1, 0.15) is 69.7 Å². The minimum atomic E-state index is -5.22. The van der Waals surface area contributed by atoms with E-state index in [0.29, 0.717) is 19.4 Å². The molecule has 1 aromatic heterocycles. The van der Waals surface area contributed by atoms with Crippen LogP contribution in [0.15, 0.2) is 0 Å². The summed E-state index contributed by atoms with van der Waals surface area (Å²) in [5, 5.41) is 2.58. The zero-order valence-electron chi connectivity index (χ0n) is 22.0. The first-order chi connectivity index (χ1) is 17.8. The van der Waals surface area contributed by atoms with E-state index in [0.717, 1.165) is 4.90 Å². The molecule has 0 unspecified atom stereocenters. The van der Waals surface area contributed by atoms with Crippen molar-refractivity contribution in [1.82, 2.24) is 25.1 Å². The Morgan fingerprint density at radius 3 is 2.33 bits per heavy atom. The summed E-state index contributed by atoms with van der Waals surface area (Å²) in [5.74, 6) is -2.53. The van der Waals surface area contributed by atoms with Crippen LogP contribution in [0.4, 0.5) is 31.1 Å². The maximum absolute atomic E-state index is 13.5. The number of amides is 3. The number of alkyl halides is 6. The monoisotopic (exact) mass is 567 g/mol. The smallest absolute Gasteiger partial charge is 0.444 e. The quantitative estimate of drug-likeness (QED) is 0.541. The topological polar surface area (TPSA) is 105 Å². The number of hydrogen-bond donors (Lipinski definition) is 1. The van der Waals surface area contributed by atoms with Gasteiger partial charge in [0.05, 0.1) is 18.3 Å². The van der Waals surface area contributed by atoms with Crippen LogP contribution < -0.4 is 5.32 Å². The van der Waals surface area contributed by atoms with Gasteiger partial charge in [0.2, 0.25) is 17.6 Å². The van der Waals surface area contributed by atoms with Gasteiger partial charge in [-0.3, -0.25) is 9.59 Å². The molecule has 1 N–H and O–H groups in total. The van der Waals surface area contributed by atoms with Crippen LogP contribution in [0.5, 0.6) is 0 Å². The maximum Gasteiger partial charge on any atom is 0.451 e. The Hall–Kier alpha value is -3.13. The third-order valence-electron chi connectivity index (χ3n) is 6.26. The summed E-state index contributed by atoms with van der Waals surface area (Å²) in [6, 6.07) is -0.912. The Morgan fingerprint density at radius 2 is 1.74 bits per heavy atom. The molecule has 2 atom stereocenters. The average Bonchev–Trinajstić information content (AvgIpc) is 2.77. The van der Waals surface area contributed by atoms with Gasteiger partial charge in [-0.15, -0.1) is 0 Å². The molecule has 0 aromatic carbocycles. The number of halogens is 6. The van der Waals surface area contributed by atoms with Gasteiger partial charge in [0.15, 0.2) is 5.69 Å². The van der Waals surface area contributed by atoms with E-state index in [4.69, 9.17) is 4.74 Å². The highest BCUT2D eigenvalue weighted by atomic mass is 19.4. The van der Waals surface area contributed by atoms with Gasteiger partial charge in [-0.1, -0.05) is 6.92 Å². The highest BCUT2D eigenvalue weighted by Gasteiger charge is 2.44. The molecule has 15 heteroatoms. The highest BCUT2D eigenvalue weighted by Crippen LogP contribution is 2.36. The normalized spacial score (nSPS) is 19.4. The second kappa shape index (κ2) is 11.2. The van der Waals surface area contributed by atoms with E-state index in [2.05, 4.69) is 15.3 Å². The average molecular weight is 568 g/mol. The summed E-state index contributed by atoms with van der Waals surface area (Å²) in [6.45, 7) is 6.45. The molecule has 3 amide bonds. The van der Waals surface area contributed by atoms with Crippen LogP contribution in [-0.4, -0.2) is 69.0 Å². The summed E-state index contributed by atoms with van der Waals surface area (Å²) in [7, 11) is 0. The summed E-state index contributed by atoms with van der Waals surface area (Å²) in [4.78, 5) is 46.7. The van der Waals surface area contributed by atoms with Gasteiger partial charge in [0.1, 0.15) is 5.60 Å². The Balaban J connectivity index is 1.82. The fourth-order valence-electron chi connectivity index (χ4n) is 4.52. The molecule has 39 heavy (non-hydrogen) atoms. The van der Waals surface area contributed by atoms with Crippen molar-refractivity contribution in [2.24, 2.45) is 5.92 Å². The number of aromatic nitrogens is 2. The van der Waals surface area contributed by atoms with Gasteiger partial charge in [0, 0.05) is 38.0 Å². The number of nitrogens with zero attached hydrogens (tertiary/aromatic N) is 4. The molecule has 1 saturated heterocycles. The molecule has 0 bridgehead atoms. The van der Waals surface area contributed by atoms with Crippen molar-refractivity contribution in [3.05, 3.63) is 22.8 Å². The SMILES string of the molecule is C[C@@H]1CCC(=O)N(C[C@H](CC(=O)N2CCc3c(nc(C(F)(F)F)nc3C(F)(F)F)C2)NC(=O)OC(C)(C)C)C1. The zero-order valence-corrected chi connectivity index (χ0v) is 22.0. The number of nitrogens with one attached hydrogen (secondary N) is 1. The number of ether oxygens (including phenoxy) is 1. The fourth-order valence-corrected chi connectivity index (χ4v) is 4.52. The lowest BCUT2D eigenvalue weighted by molar-refractivity contribution is -0.153. The van der Waals surface area contributed by atoms with Gasteiger partial charge in [0.25, 0.3) is 0 Å². The van der Waals surface area contributed by atoms with Gasteiger partial charge >= 0.3 is 18.4 Å². The molecular weight excluding hydrogens is 536 g/mol. The second-order valence-corrected chi connectivity index (χ2v) is 10.9. The zero-order chi connectivity index (χ0) is 29.3. The third-order valence-corrected chi connectivity index (χ3v) is 6.26. The molecule has 0 aliphatic carbocycles. The lowest BCUT2D eigenvalue weighted by atomic mass is 9.98. The number of fused-ring (bicyclic) bond motifs is 1. The molecule has 0 saturated carbocycles. The number of likely N-dealkylation sites (tertiary alicyclic amines) is 1. The minimum absolute atomic E-state index is 0.0167. The molecule has 2 aliphatic heterocycles. The first kappa shape index (κ1) is 30.4. The molecule has 218 valence electrons. The minimum Gasteiger partial charge on any atom is -0.444 e. The number of rotatable bonds is 5. The number of alkyl carbamates (subject to hydrolysis) is 1. The number of piperidine rings is 1. The lowest BCUT2D eigenvalue weighted by Gasteiger charge is -2.35. The van der Waals surface area contributed by atoms with Crippen molar-refractivity contribution >= 4 is 17.9 Å². The van der Waals surface area contributed by atoms with Gasteiger partial charge in [-0.2, -0.15) is 26.3 Å². The van der Waals surface area contributed by atoms with Crippen molar-refractivity contribution in [1.29, 1.82) is 0 Å². The summed E-state index contributed by atoms with van der Waals surface area (Å²) in [5.41, 5.74) is -3.55. The molecule has 0 radical (unpaired) electrons. The molecule has 9 nitrogen and oxygen atoms in total. The molecular formula is C24H31F6N5O4. The van der Waals surface area contributed by atoms with Crippen molar-refractivity contribution in [3.63, 3.8) is 0 Å². The molecule has 3 rings (SSSR count). The van der Waals surface area contributed by atoms with Crippen LogP contribution in [0.25, 0.3) is 0 Å². The van der Waals surface area contributed by atoms with Crippen molar-refractivity contribution < 1.29 is 45.5 Å². The molecule has 3 heterocycles. The van der Waals surface area contributed by atoms with Gasteiger partial charge in [-0.05, 0) is 39.5 Å². The van der Waals surface area contributed by atoms with E-state index in [1.54, 1.807) is 20.8 Å². The molecule has 2 aliphatic rings. The van der Waals surface area contributed by atoms with Crippen LogP contribution >= 0.6 is 0 Å².